The van der Waals surface area contributed by atoms with Gasteiger partial charge in [0.05, 0.1) is 5.39 Å². The third kappa shape index (κ3) is 3.61. The lowest BCUT2D eigenvalue weighted by Crippen LogP contribution is -2.37. The number of fused-ring (bicyclic) bond motifs is 1. The van der Waals surface area contributed by atoms with Crippen molar-refractivity contribution in [2.24, 2.45) is 0 Å². The Morgan fingerprint density at radius 2 is 1.74 bits per heavy atom. The van der Waals surface area contributed by atoms with Crippen LogP contribution < -0.4 is 4.57 Å². The second-order valence-corrected chi connectivity index (χ2v) is 5.32. The molecule has 3 aromatic rings. The van der Waals surface area contributed by atoms with Gasteiger partial charge in [0, 0.05) is 22.6 Å². The van der Waals surface area contributed by atoms with Gasteiger partial charge in [-0.15, -0.1) is 0 Å². The number of pyridine rings is 1. The van der Waals surface area contributed by atoms with Crippen LogP contribution in [0.15, 0.2) is 72.9 Å². The van der Waals surface area contributed by atoms with E-state index in [0.29, 0.717) is 0 Å². The van der Waals surface area contributed by atoms with Gasteiger partial charge in [0.1, 0.15) is 0 Å². The van der Waals surface area contributed by atoms with E-state index in [1.807, 2.05) is 54.7 Å². The van der Waals surface area contributed by atoms with Crippen LogP contribution in [0.2, 0.25) is 0 Å². The molecule has 1 heterocycles. The minimum absolute atomic E-state index is 0.172. The monoisotopic (exact) mass is 305 g/mol. The summed E-state index contributed by atoms with van der Waals surface area (Å²) in [5.74, 6) is 0. The molecule has 0 fully saturated rings. The molecule has 1 aromatic heterocycles. The SMILES string of the molecule is O=[N+]([O-])CC=Cc1c2ccccc2cc[n+]1Cc1ccccc1. The highest BCUT2D eigenvalue weighted by atomic mass is 16.6. The van der Waals surface area contributed by atoms with E-state index >= 15 is 0 Å². The van der Waals surface area contributed by atoms with Gasteiger partial charge in [0.25, 0.3) is 0 Å². The zero-order valence-corrected chi connectivity index (χ0v) is 12.6. The number of nitro groups is 1. The van der Waals surface area contributed by atoms with Crippen molar-refractivity contribution < 1.29 is 9.49 Å². The number of benzene rings is 2. The van der Waals surface area contributed by atoms with Gasteiger partial charge < -0.3 is 0 Å². The average Bonchev–Trinajstić information content (AvgIpc) is 2.57. The quantitative estimate of drug-likeness (QED) is 0.412. The average molecular weight is 305 g/mol. The molecule has 0 saturated heterocycles. The number of hydrogen-bond acceptors (Lipinski definition) is 2. The standard InChI is InChI=1S/C19H17N2O2/c22-21(23)13-6-11-19-18-10-5-4-9-17(18)12-14-20(19)15-16-7-2-1-3-8-16/h1-12,14H,13,15H2/q+1. The lowest BCUT2D eigenvalue weighted by Gasteiger charge is -2.05. The molecule has 23 heavy (non-hydrogen) atoms. The molecule has 0 bridgehead atoms. The van der Waals surface area contributed by atoms with Crippen molar-refractivity contribution >= 4 is 16.8 Å². The first kappa shape index (κ1) is 14.9. The minimum atomic E-state index is -0.330. The van der Waals surface area contributed by atoms with Gasteiger partial charge in [-0.3, -0.25) is 10.1 Å². The molecule has 0 unspecified atom stereocenters. The predicted octanol–water partition coefficient (Wildman–Crippen LogP) is 3.47. The summed E-state index contributed by atoms with van der Waals surface area (Å²) in [5, 5.41) is 12.8. The first-order valence-corrected chi connectivity index (χ1v) is 7.47. The number of rotatable bonds is 5. The van der Waals surface area contributed by atoms with E-state index in [9.17, 15) is 10.1 Å². The smallest absolute Gasteiger partial charge is 0.222 e. The van der Waals surface area contributed by atoms with E-state index in [-0.39, 0.29) is 11.5 Å². The van der Waals surface area contributed by atoms with Crippen molar-refractivity contribution in [1.82, 2.24) is 0 Å². The van der Waals surface area contributed by atoms with Crippen LogP contribution in [0.5, 0.6) is 0 Å². The first-order valence-electron chi connectivity index (χ1n) is 7.47. The predicted molar refractivity (Wildman–Crippen MR) is 90.6 cm³/mol. The molecule has 0 atom stereocenters. The largest absolute Gasteiger partial charge is 0.264 e. The second kappa shape index (κ2) is 6.83. The lowest BCUT2D eigenvalue weighted by molar-refractivity contribution is -0.688. The van der Waals surface area contributed by atoms with Crippen LogP contribution in [0, 0.1) is 10.1 Å². The lowest BCUT2D eigenvalue weighted by atomic mass is 10.1. The number of nitrogens with zero attached hydrogens (tertiary/aromatic N) is 2. The Labute approximate surface area is 134 Å². The van der Waals surface area contributed by atoms with E-state index in [0.717, 1.165) is 23.0 Å². The van der Waals surface area contributed by atoms with Crippen LogP contribution in [0.1, 0.15) is 11.3 Å². The molecule has 0 aliphatic carbocycles. The molecule has 114 valence electrons. The zero-order chi connectivity index (χ0) is 16.1. The van der Waals surface area contributed by atoms with Crippen LogP contribution >= 0.6 is 0 Å². The van der Waals surface area contributed by atoms with Crippen LogP contribution in [0.25, 0.3) is 16.8 Å². The van der Waals surface area contributed by atoms with Gasteiger partial charge in [-0.2, -0.15) is 4.57 Å². The summed E-state index contributed by atoms with van der Waals surface area (Å²) in [4.78, 5) is 10.2. The molecule has 0 aliphatic rings. The fourth-order valence-corrected chi connectivity index (χ4v) is 2.63. The van der Waals surface area contributed by atoms with Crippen LogP contribution in [-0.4, -0.2) is 11.5 Å². The van der Waals surface area contributed by atoms with Gasteiger partial charge in [-0.25, -0.2) is 0 Å². The Kier molecular flexibility index (Phi) is 4.43. The summed E-state index contributed by atoms with van der Waals surface area (Å²) >= 11 is 0. The third-order valence-electron chi connectivity index (χ3n) is 3.71. The summed E-state index contributed by atoms with van der Waals surface area (Å²) in [6.07, 6.45) is 5.47. The van der Waals surface area contributed by atoms with Crippen molar-refractivity contribution in [2.75, 3.05) is 6.54 Å². The van der Waals surface area contributed by atoms with Crippen LogP contribution in [0.4, 0.5) is 0 Å². The Hall–Kier alpha value is -3.01. The van der Waals surface area contributed by atoms with Crippen molar-refractivity contribution in [3.63, 3.8) is 0 Å². The topological polar surface area (TPSA) is 47.0 Å². The van der Waals surface area contributed by atoms with Crippen molar-refractivity contribution in [2.45, 2.75) is 6.54 Å². The molecular formula is C19H17N2O2+. The van der Waals surface area contributed by atoms with Crippen molar-refractivity contribution in [3.05, 3.63) is 94.3 Å². The van der Waals surface area contributed by atoms with Gasteiger partial charge in [0.15, 0.2) is 12.7 Å². The highest BCUT2D eigenvalue weighted by Gasteiger charge is 2.13. The van der Waals surface area contributed by atoms with Gasteiger partial charge in [-0.05, 0) is 17.5 Å². The summed E-state index contributed by atoms with van der Waals surface area (Å²) < 4.78 is 2.12. The third-order valence-corrected chi connectivity index (χ3v) is 3.71. The Bertz CT molecular complexity index is 858. The fourth-order valence-electron chi connectivity index (χ4n) is 2.63. The number of hydrogen-bond donors (Lipinski definition) is 0. The minimum Gasteiger partial charge on any atom is -0.264 e. The molecule has 4 nitrogen and oxygen atoms in total. The molecule has 0 radical (unpaired) electrons. The van der Waals surface area contributed by atoms with Gasteiger partial charge in [-0.1, -0.05) is 48.5 Å². The van der Waals surface area contributed by atoms with E-state index < -0.39 is 0 Å². The molecule has 0 amide bonds. The summed E-state index contributed by atoms with van der Waals surface area (Å²) in [6, 6.07) is 20.3. The highest BCUT2D eigenvalue weighted by Crippen LogP contribution is 2.17. The number of aromatic nitrogens is 1. The van der Waals surface area contributed by atoms with E-state index in [1.54, 1.807) is 6.08 Å². The molecule has 0 N–H and O–H groups in total. The molecule has 4 heteroatoms. The molecule has 2 aromatic carbocycles. The van der Waals surface area contributed by atoms with Gasteiger partial charge in [0.2, 0.25) is 12.2 Å². The summed E-state index contributed by atoms with van der Waals surface area (Å²) in [5.41, 5.74) is 2.17. The zero-order valence-electron chi connectivity index (χ0n) is 12.6. The first-order chi connectivity index (χ1) is 11.2. The normalized spacial score (nSPS) is 11.1. The van der Waals surface area contributed by atoms with E-state index in [2.05, 4.69) is 22.8 Å². The summed E-state index contributed by atoms with van der Waals surface area (Å²) in [7, 11) is 0. The Morgan fingerprint density at radius 1 is 1.00 bits per heavy atom. The van der Waals surface area contributed by atoms with E-state index in [4.69, 9.17) is 0 Å². The molecule has 0 saturated carbocycles. The van der Waals surface area contributed by atoms with Crippen LogP contribution in [0.3, 0.4) is 0 Å². The van der Waals surface area contributed by atoms with Crippen LogP contribution in [-0.2, 0) is 6.54 Å². The molecule has 0 aliphatic heterocycles. The van der Waals surface area contributed by atoms with Crippen molar-refractivity contribution in [1.29, 1.82) is 0 Å². The maximum atomic E-state index is 10.6. The molecule has 0 spiro atoms. The van der Waals surface area contributed by atoms with Gasteiger partial charge >= 0.3 is 0 Å². The Balaban J connectivity index is 2.05. The maximum Gasteiger partial charge on any atom is 0.222 e. The maximum absolute atomic E-state index is 10.6. The van der Waals surface area contributed by atoms with E-state index in [1.165, 1.54) is 5.56 Å². The second-order valence-electron chi connectivity index (χ2n) is 5.32. The molecular weight excluding hydrogens is 288 g/mol. The fraction of sp³-hybridized carbons (Fsp3) is 0.105. The highest BCUT2D eigenvalue weighted by molar-refractivity contribution is 5.87. The molecule has 3 rings (SSSR count). The summed E-state index contributed by atoms with van der Waals surface area (Å²) in [6.45, 7) is 0.554. The van der Waals surface area contributed by atoms with Crippen molar-refractivity contribution in [3.8, 4) is 0 Å². The Morgan fingerprint density at radius 3 is 2.52 bits per heavy atom.